The number of hydrogen-bond donors (Lipinski definition) is 2. The zero-order valence-electron chi connectivity index (χ0n) is 8.47. The molecule has 5 heteroatoms. The molecule has 84 valence electrons. The van der Waals surface area contributed by atoms with Crippen molar-refractivity contribution in [2.24, 2.45) is 5.84 Å². The lowest BCUT2D eigenvalue weighted by Crippen LogP contribution is -2.32. The van der Waals surface area contributed by atoms with Crippen molar-refractivity contribution in [1.29, 1.82) is 0 Å². The predicted octanol–water partition coefficient (Wildman–Crippen LogP) is 1.51. The van der Waals surface area contributed by atoms with Crippen molar-refractivity contribution >= 4 is 0 Å². The number of benzene rings is 1. The number of nitrogens with two attached hydrogens (primary N) is 1. The Labute approximate surface area is 87.2 Å². The number of halogens is 2. The summed E-state index contributed by atoms with van der Waals surface area (Å²) in [6.45, 7) is 2.39. The van der Waals surface area contributed by atoms with E-state index in [1.807, 2.05) is 0 Å². The molecule has 0 fully saturated rings. The van der Waals surface area contributed by atoms with Gasteiger partial charge in [0.2, 0.25) is 0 Å². The second-order valence-electron chi connectivity index (χ2n) is 3.01. The first kappa shape index (κ1) is 12.0. The van der Waals surface area contributed by atoms with Crippen LogP contribution in [0.5, 0.6) is 0 Å². The summed E-state index contributed by atoms with van der Waals surface area (Å²) in [6, 6.07) is 3.01. The Morgan fingerprint density at radius 2 is 2.00 bits per heavy atom. The van der Waals surface area contributed by atoms with Crippen LogP contribution in [0.2, 0.25) is 0 Å². The van der Waals surface area contributed by atoms with E-state index in [-0.39, 0.29) is 12.2 Å². The van der Waals surface area contributed by atoms with Crippen LogP contribution in [0.1, 0.15) is 18.5 Å². The molecule has 1 aromatic carbocycles. The van der Waals surface area contributed by atoms with Gasteiger partial charge in [0, 0.05) is 12.2 Å². The van der Waals surface area contributed by atoms with E-state index in [4.69, 9.17) is 10.6 Å². The minimum atomic E-state index is -0.675. The fourth-order valence-electron chi connectivity index (χ4n) is 1.29. The third-order valence-corrected chi connectivity index (χ3v) is 2.04. The Kier molecular flexibility index (Phi) is 4.61. The summed E-state index contributed by atoms with van der Waals surface area (Å²) in [7, 11) is 0. The molecule has 0 heterocycles. The van der Waals surface area contributed by atoms with Crippen LogP contribution in [-0.4, -0.2) is 13.2 Å². The van der Waals surface area contributed by atoms with Crippen LogP contribution in [0, 0.1) is 11.6 Å². The molecule has 15 heavy (non-hydrogen) atoms. The molecule has 0 saturated heterocycles. The fourth-order valence-corrected chi connectivity index (χ4v) is 1.29. The van der Waals surface area contributed by atoms with E-state index in [9.17, 15) is 8.78 Å². The number of nitrogens with one attached hydrogen (secondary N) is 1. The van der Waals surface area contributed by atoms with Crippen LogP contribution in [0.4, 0.5) is 8.78 Å². The van der Waals surface area contributed by atoms with E-state index >= 15 is 0 Å². The van der Waals surface area contributed by atoms with Crippen LogP contribution >= 0.6 is 0 Å². The highest BCUT2D eigenvalue weighted by atomic mass is 19.1. The lowest BCUT2D eigenvalue weighted by molar-refractivity contribution is 0.121. The minimum absolute atomic E-state index is 0.0894. The summed E-state index contributed by atoms with van der Waals surface area (Å²) in [5.41, 5.74) is 2.24. The van der Waals surface area contributed by atoms with Gasteiger partial charge in [-0.3, -0.25) is 11.3 Å². The minimum Gasteiger partial charge on any atom is -0.380 e. The van der Waals surface area contributed by atoms with Gasteiger partial charge in [-0.15, -0.1) is 0 Å². The summed E-state index contributed by atoms with van der Waals surface area (Å²) in [5, 5.41) is 0. The molecule has 0 aliphatic carbocycles. The highest BCUT2D eigenvalue weighted by Gasteiger charge is 2.18. The lowest BCUT2D eigenvalue weighted by atomic mass is 10.1. The van der Waals surface area contributed by atoms with E-state index in [2.05, 4.69) is 5.43 Å². The van der Waals surface area contributed by atoms with Crippen molar-refractivity contribution < 1.29 is 13.5 Å². The standard InChI is InChI=1S/C10H14F2N2O/c1-2-15-6-9(14-13)10-7(11)4-3-5-8(10)12/h3-5,9,14H,2,6,13H2,1H3. The summed E-state index contributed by atoms with van der Waals surface area (Å²) in [4.78, 5) is 0. The Hall–Kier alpha value is -1.04. The van der Waals surface area contributed by atoms with Gasteiger partial charge in [-0.05, 0) is 19.1 Å². The van der Waals surface area contributed by atoms with Crippen molar-refractivity contribution in [1.82, 2.24) is 5.43 Å². The first-order valence-corrected chi connectivity index (χ1v) is 4.68. The summed E-state index contributed by atoms with van der Waals surface area (Å²) in [6.07, 6.45) is 0. The Morgan fingerprint density at radius 3 is 2.47 bits per heavy atom. The summed E-state index contributed by atoms with van der Waals surface area (Å²) >= 11 is 0. The van der Waals surface area contributed by atoms with Crippen LogP contribution in [0.3, 0.4) is 0 Å². The quantitative estimate of drug-likeness (QED) is 0.579. The van der Waals surface area contributed by atoms with Gasteiger partial charge in [0.15, 0.2) is 0 Å². The maximum absolute atomic E-state index is 13.3. The van der Waals surface area contributed by atoms with Crippen LogP contribution < -0.4 is 11.3 Å². The monoisotopic (exact) mass is 216 g/mol. The zero-order valence-corrected chi connectivity index (χ0v) is 8.47. The highest BCUT2D eigenvalue weighted by Crippen LogP contribution is 2.20. The van der Waals surface area contributed by atoms with Crippen LogP contribution in [-0.2, 0) is 4.74 Å². The molecule has 0 aromatic heterocycles. The van der Waals surface area contributed by atoms with Gasteiger partial charge in [0.1, 0.15) is 11.6 Å². The molecule has 0 aliphatic heterocycles. The smallest absolute Gasteiger partial charge is 0.131 e. The first-order valence-electron chi connectivity index (χ1n) is 4.68. The second-order valence-corrected chi connectivity index (χ2v) is 3.01. The van der Waals surface area contributed by atoms with Crippen molar-refractivity contribution in [3.05, 3.63) is 35.4 Å². The summed E-state index contributed by atoms with van der Waals surface area (Å²) < 4.78 is 31.7. The number of hydrogen-bond acceptors (Lipinski definition) is 3. The molecule has 0 spiro atoms. The average molecular weight is 216 g/mol. The zero-order chi connectivity index (χ0) is 11.3. The van der Waals surface area contributed by atoms with Gasteiger partial charge in [0.05, 0.1) is 12.6 Å². The molecule has 0 amide bonds. The number of rotatable bonds is 5. The predicted molar refractivity (Wildman–Crippen MR) is 52.9 cm³/mol. The largest absolute Gasteiger partial charge is 0.380 e. The molecule has 0 radical (unpaired) electrons. The van der Waals surface area contributed by atoms with Crippen molar-refractivity contribution in [2.75, 3.05) is 13.2 Å². The Bertz CT molecular complexity index is 300. The van der Waals surface area contributed by atoms with E-state index in [0.717, 1.165) is 0 Å². The van der Waals surface area contributed by atoms with Gasteiger partial charge in [-0.1, -0.05) is 6.07 Å². The molecule has 0 saturated carbocycles. The molecule has 1 atom stereocenters. The molecular formula is C10H14F2N2O. The van der Waals surface area contributed by atoms with Crippen LogP contribution in [0.15, 0.2) is 18.2 Å². The van der Waals surface area contributed by atoms with Gasteiger partial charge < -0.3 is 4.74 Å². The van der Waals surface area contributed by atoms with Gasteiger partial charge >= 0.3 is 0 Å². The van der Waals surface area contributed by atoms with Crippen LogP contribution in [0.25, 0.3) is 0 Å². The van der Waals surface area contributed by atoms with Crippen molar-refractivity contribution in [3.63, 3.8) is 0 Å². The van der Waals surface area contributed by atoms with Gasteiger partial charge in [0.25, 0.3) is 0 Å². The Balaban J connectivity index is 2.90. The van der Waals surface area contributed by atoms with E-state index in [1.54, 1.807) is 6.92 Å². The Morgan fingerprint density at radius 1 is 1.40 bits per heavy atom. The number of ether oxygens (including phenoxy) is 1. The molecule has 1 unspecified atom stereocenters. The van der Waals surface area contributed by atoms with Gasteiger partial charge in [-0.25, -0.2) is 8.78 Å². The molecular weight excluding hydrogens is 202 g/mol. The molecule has 0 aliphatic rings. The average Bonchev–Trinajstić information content (AvgIpc) is 2.22. The first-order chi connectivity index (χ1) is 7.20. The second kappa shape index (κ2) is 5.75. The highest BCUT2D eigenvalue weighted by molar-refractivity contribution is 5.23. The molecule has 0 bridgehead atoms. The molecule has 3 N–H and O–H groups in total. The topological polar surface area (TPSA) is 47.3 Å². The SMILES string of the molecule is CCOCC(NN)c1c(F)cccc1F. The fraction of sp³-hybridized carbons (Fsp3) is 0.400. The third kappa shape index (κ3) is 2.95. The van der Waals surface area contributed by atoms with Crippen molar-refractivity contribution in [2.45, 2.75) is 13.0 Å². The molecule has 1 aromatic rings. The number of hydrazine groups is 1. The van der Waals surface area contributed by atoms with Gasteiger partial charge in [-0.2, -0.15) is 0 Å². The van der Waals surface area contributed by atoms with Crippen molar-refractivity contribution in [3.8, 4) is 0 Å². The summed E-state index contributed by atoms with van der Waals surface area (Å²) in [5.74, 6) is 3.97. The maximum Gasteiger partial charge on any atom is 0.131 e. The van der Waals surface area contributed by atoms with E-state index in [1.165, 1.54) is 18.2 Å². The molecule has 1 rings (SSSR count). The maximum atomic E-state index is 13.3. The third-order valence-electron chi connectivity index (χ3n) is 2.04. The molecule has 3 nitrogen and oxygen atoms in total. The normalized spacial score (nSPS) is 12.8. The van der Waals surface area contributed by atoms with E-state index < -0.39 is 17.7 Å². The van der Waals surface area contributed by atoms with E-state index in [0.29, 0.717) is 6.61 Å². The lowest BCUT2D eigenvalue weighted by Gasteiger charge is -2.17.